The highest BCUT2D eigenvalue weighted by Gasteiger charge is 2.15. The van der Waals surface area contributed by atoms with Gasteiger partial charge in [0.15, 0.2) is 12.4 Å². The summed E-state index contributed by atoms with van der Waals surface area (Å²) < 4.78 is 1.93. The van der Waals surface area contributed by atoms with E-state index in [9.17, 15) is 0 Å². The summed E-state index contributed by atoms with van der Waals surface area (Å²) >= 11 is 0. The highest BCUT2D eigenvalue weighted by molar-refractivity contribution is 5.79. The maximum atomic E-state index is 9.04. The van der Waals surface area contributed by atoms with Crippen molar-refractivity contribution >= 4 is 11.8 Å². The van der Waals surface area contributed by atoms with Crippen LogP contribution < -0.4 is 28.5 Å². The minimum atomic E-state index is -0.138. The zero-order valence-electron chi connectivity index (χ0n) is 14.1. The topological polar surface area (TPSA) is 66.0 Å². The van der Waals surface area contributed by atoms with Crippen LogP contribution in [0.2, 0.25) is 0 Å². The molecular weight excluding hydrogens is 435 g/mol. The summed E-state index contributed by atoms with van der Waals surface area (Å²) in [5, 5.41) is 19.3. The molecule has 6 nitrogen and oxygen atoms in total. The number of hydrogen-bond acceptors (Lipinski definition) is 5. The Balaban J connectivity index is 0.00000312. The predicted octanol–water partition coefficient (Wildman–Crippen LogP) is -1.84. The van der Waals surface area contributed by atoms with Gasteiger partial charge in [0.05, 0.1) is 13.2 Å². The molecule has 7 heteroatoms. The minimum absolute atomic E-state index is 0. The molecule has 0 atom stereocenters. The van der Waals surface area contributed by atoms with Crippen molar-refractivity contribution in [1.82, 2.24) is 5.23 Å². The molecule has 0 bridgehead atoms. The Labute approximate surface area is 164 Å². The standard InChI is InChI=1S/C18H23N2O4.HI/c1-19-9-7-17(8-10-19)18(15-16-5-3-2-4-6-16)20(23-13-11-21)24-14-12-22;/h2-10,15,21-22H,11-14H2,1H3;1H/q+1;/p-1. The van der Waals surface area contributed by atoms with E-state index in [1.807, 2.05) is 72.5 Å². The van der Waals surface area contributed by atoms with Crippen LogP contribution >= 0.6 is 0 Å². The largest absolute Gasteiger partial charge is 1.00 e. The van der Waals surface area contributed by atoms with Gasteiger partial charge in [-0.05, 0) is 11.6 Å². The average Bonchev–Trinajstić information content (AvgIpc) is 2.62. The lowest BCUT2D eigenvalue weighted by atomic mass is 10.1. The van der Waals surface area contributed by atoms with Gasteiger partial charge in [-0.2, -0.15) is 0 Å². The predicted molar refractivity (Wildman–Crippen MR) is 89.8 cm³/mol. The molecule has 1 heterocycles. The zero-order valence-corrected chi connectivity index (χ0v) is 16.2. The number of nitrogens with zero attached hydrogens (tertiary/aromatic N) is 2. The van der Waals surface area contributed by atoms with Crippen molar-refractivity contribution in [1.29, 1.82) is 0 Å². The van der Waals surface area contributed by atoms with Gasteiger partial charge >= 0.3 is 0 Å². The summed E-state index contributed by atoms with van der Waals surface area (Å²) in [6.07, 6.45) is 5.76. The van der Waals surface area contributed by atoms with E-state index >= 15 is 0 Å². The van der Waals surface area contributed by atoms with Gasteiger partial charge in [0.2, 0.25) is 0 Å². The molecule has 0 amide bonds. The molecule has 0 aliphatic carbocycles. The number of hydroxylamine groups is 2. The Morgan fingerprint density at radius 2 is 1.56 bits per heavy atom. The van der Waals surface area contributed by atoms with Crippen LogP contribution in [0.3, 0.4) is 0 Å². The van der Waals surface area contributed by atoms with Crippen molar-refractivity contribution in [3.8, 4) is 0 Å². The second kappa shape index (κ2) is 11.9. The maximum absolute atomic E-state index is 9.04. The Kier molecular flexibility index (Phi) is 10.3. The lowest BCUT2D eigenvalue weighted by molar-refractivity contribution is -0.671. The van der Waals surface area contributed by atoms with Crippen LogP contribution in [-0.2, 0) is 16.7 Å². The summed E-state index contributed by atoms with van der Waals surface area (Å²) in [4.78, 5) is 11.0. The van der Waals surface area contributed by atoms with Gasteiger partial charge in [0.25, 0.3) is 0 Å². The molecule has 0 spiro atoms. The van der Waals surface area contributed by atoms with E-state index in [0.717, 1.165) is 11.1 Å². The lowest BCUT2D eigenvalue weighted by Gasteiger charge is -2.24. The first-order valence-corrected chi connectivity index (χ1v) is 7.74. The molecular formula is C18H23IN2O4. The molecule has 25 heavy (non-hydrogen) atoms. The molecule has 2 aromatic rings. The molecule has 2 rings (SSSR count). The van der Waals surface area contributed by atoms with Gasteiger partial charge in [0, 0.05) is 17.7 Å². The number of aryl methyl sites for hydroxylation is 1. The average molecular weight is 458 g/mol. The van der Waals surface area contributed by atoms with Crippen molar-refractivity contribution < 1.29 is 48.4 Å². The first kappa shape index (κ1) is 21.5. The Morgan fingerprint density at radius 1 is 1.00 bits per heavy atom. The maximum Gasteiger partial charge on any atom is 0.169 e. The third-order valence-electron chi connectivity index (χ3n) is 3.17. The number of aliphatic hydroxyl groups excluding tert-OH is 2. The fourth-order valence-electron chi connectivity index (χ4n) is 2.04. The number of aliphatic hydroxyl groups is 2. The minimum Gasteiger partial charge on any atom is -1.00 e. The quantitative estimate of drug-likeness (QED) is 0.263. The molecule has 0 radical (unpaired) electrons. The van der Waals surface area contributed by atoms with Crippen LogP contribution in [0.4, 0.5) is 0 Å². The molecule has 0 saturated heterocycles. The molecule has 0 aliphatic rings. The number of benzene rings is 1. The van der Waals surface area contributed by atoms with E-state index in [1.165, 1.54) is 5.23 Å². The summed E-state index contributed by atoms with van der Waals surface area (Å²) in [7, 11) is 1.94. The third-order valence-corrected chi connectivity index (χ3v) is 3.17. The van der Waals surface area contributed by atoms with Crippen molar-refractivity contribution in [2.24, 2.45) is 7.05 Å². The van der Waals surface area contributed by atoms with Gasteiger partial charge < -0.3 is 34.2 Å². The van der Waals surface area contributed by atoms with Gasteiger partial charge in [0.1, 0.15) is 26.0 Å². The van der Waals surface area contributed by atoms with Crippen LogP contribution in [0.15, 0.2) is 54.9 Å². The molecule has 0 fully saturated rings. The molecule has 2 N–H and O–H groups in total. The number of pyridine rings is 1. The number of aromatic nitrogens is 1. The molecule has 0 unspecified atom stereocenters. The van der Waals surface area contributed by atoms with Crippen LogP contribution in [0, 0.1) is 0 Å². The van der Waals surface area contributed by atoms with E-state index < -0.39 is 0 Å². The second-order valence-electron chi connectivity index (χ2n) is 5.06. The van der Waals surface area contributed by atoms with Crippen LogP contribution in [-0.4, -0.2) is 41.9 Å². The highest BCUT2D eigenvalue weighted by Crippen LogP contribution is 2.22. The van der Waals surface area contributed by atoms with E-state index in [-0.39, 0.29) is 50.4 Å². The van der Waals surface area contributed by atoms with Gasteiger partial charge in [-0.25, -0.2) is 14.2 Å². The number of halogens is 1. The number of hydrogen-bond donors (Lipinski definition) is 2. The molecule has 0 saturated carbocycles. The zero-order chi connectivity index (χ0) is 17.2. The van der Waals surface area contributed by atoms with Crippen molar-refractivity contribution in [2.75, 3.05) is 26.4 Å². The van der Waals surface area contributed by atoms with Gasteiger partial charge in [-0.1, -0.05) is 30.3 Å². The van der Waals surface area contributed by atoms with Crippen LogP contribution in [0.5, 0.6) is 0 Å². The fraction of sp³-hybridized carbons (Fsp3) is 0.278. The first-order valence-electron chi connectivity index (χ1n) is 7.74. The van der Waals surface area contributed by atoms with Crippen LogP contribution in [0.1, 0.15) is 11.1 Å². The summed E-state index contributed by atoms with van der Waals surface area (Å²) in [6.45, 7) is -0.112. The van der Waals surface area contributed by atoms with Crippen LogP contribution in [0.25, 0.3) is 11.8 Å². The fourth-order valence-corrected chi connectivity index (χ4v) is 2.04. The Bertz CT molecular complexity index is 627. The molecule has 1 aromatic heterocycles. The molecule has 1 aromatic carbocycles. The monoisotopic (exact) mass is 458 g/mol. The number of rotatable bonds is 9. The Morgan fingerprint density at radius 3 is 2.08 bits per heavy atom. The summed E-state index contributed by atoms with van der Waals surface area (Å²) in [5.41, 5.74) is 2.53. The van der Waals surface area contributed by atoms with E-state index in [2.05, 4.69) is 0 Å². The summed E-state index contributed by atoms with van der Waals surface area (Å²) in [6, 6.07) is 13.7. The molecule has 0 aliphatic heterocycles. The van der Waals surface area contributed by atoms with Gasteiger partial charge in [-0.3, -0.25) is 0 Å². The smallest absolute Gasteiger partial charge is 0.169 e. The second-order valence-corrected chi connectivity index (χ2v) is 5.06. The SMILES string of the molecule is C[n+]1ccc(C(=Cc2ccccc2)N(OCCO)OCCO)cc1.[I-]. The van der Waals surface area contributed by atoms with Gasteiger partial charge in [-0.15, -0.1) is 5.23 Å². The summed E-state index contributed by atoms with van der Waals surface area (Å²) in [5.74, 6) is 0. The third kappa shape index (κ3) is 7.09. The highest BCUT2D eigenvalue weighted by atomic mass is 127. The molecule has 136 valence electrons. The van der Waals surface area contributed by atoms with Crippen molar-refractivity contribution in [3.05, 3.63) is 66.0 Å². The normalized spacial score (nSPS) is 11.1. The van der Waals surface area contributed by atoms with Crippen molar-refractivity contribution in [2.45, 2.75) is 0 Å². The lowest BCUT2D eigenvalue weighted by Crippen LogP contribution is -3.00. The van der Waals surface area contributed by atoms with E-state index in [4.69, 9.17) is 19.9 Å². The Hall–Kier alpha value is -1.52. The first-order chi connectivity index (χ1) is 11.7. The van der Waals surface area contributed by atoms with E-state index in [0.29, 0.717) is 5.70 Å². The van der Waals surface area contributed by atoms with E-state index in [1.54, 1.807) is 0 Å². The van der Waals surface area contributed by atoms with Crippen molar-refractivity contribution in [3.63, 3.8) is 0 Å².